The largest absolute Gasteiger partial charge is 0.324 e. The van der Waals surface area contributed by atoms with E-state index < -0.39 is 0 Å². The Hall–Kier alpha value is -0.330. The first kappa shape index (κ1) is 12.7. The van der Waals surface area contributed by atoms with Crippen LogP contribution in [0.2, 0.25) is 0 Å². The van der Waals surface area contributed by atoms with Crippen LogP contribution in [0.5, 0.6) is 0 Å². The second kappa shape index (κ2) is 4.98. The maximum absolute atomic E-state index is 6.17. The molecule has 2 nitrogen and oxygen atoms in total. The quantitative estimate of drug-likeness (QED) is 0.694. The first-order valence-corrected chi connectivity index (χ1v) is 7.95. The van der Waals surface area contributed by atoms with Crippen LogP contribution in [0.3, 0.4) is 0 Å². The van der Waals surface area contributed by atoms with Gasteiger partial charge in [0.25, 0.3) is 0 Å². The van der Waals surface area contributed by atoms with Gasteiger partial charge in [0, 0.05) is 31.7 Å². The van der Waals surface area contributed by atoms with Gasteiger partial charge < -0.3 is 10.3 Å². The van der Waals surface area contributed by atoms with E-state index in [1.165, 1.54) is 26.9 Å². The number of hydrogen-bond acceptors (Lipinski definition) is 1. The van der Waals surface area contributed by atoms with E-state index >= 15 is 0 Å². The van der Waals surface area contributed by atoms with Crippen LogP contribution in [0.1, 0.15) is 30.1 Å². The average molecular weight is 417 g/mol. The second-order valence-corrected chi connectivity index (χ2v) is 6.70. The third-order valence-corrected chi connectivity index (χ3v) is 5.87. The molecular weight excluding hydrogens is 403 g/mol. The van der Waals surface area contributed by atoms with E-state index in [2.05, 4.69) is 73.6 Å². The van der Waals surface area contributed by atoms with Crippen molar-refractivity contribution in [1.82, 2.24) is 4.57 Å². The predicted molar refractivity (Wildman–Crippen MR) is 86.1 cm³/mol. The molecule has 0 aliphatic heterocycles. The maximum atomic E-state index is 6.17. The van der Waals surface area contributed by atoms with Gasteiger partial charge in [-0.3, -0.25) is 0 Å². The maximum Gasteiger partial charge on any atom is 0.0464 e. The van der Waals surface area contributed by atoms with E-state index in [9.17, 15) is 0 Å². The van der Waals surface area contributed by atoms with E-state index in [0.29, 0.717) is 0 Å². The summed E-state index contributed by atoms with van der Waals surface area (Å²) >= 11 is 5.92. The number of halogens is 2. The van der Waals surface area contributed by atoms with Crippen molar-refractivity contribution in [1.29, 1.82) is 0 Å². The topological polar surface area (TPSA) is 30.9 Å². The van der Waals surface area contributed by atoms with E-state index in [1.807, 2.05) is 0 Å². The molecule has 1 aliphatic carbocycles. The number of nitrogens with two attached hydrogens (primary N) is 1. The predicted octanol–water partition coefficient (Wildman–Crippen LogP) is 4.18. The summed E-state index contributed by atoms with van der Waals surface area (Å²) in [6.07, 6.45) is 5.56. The summed E-state index contributed by atoms with van der Waals surface area (Å²) in [6, 6.07) is 8.84. The van der Waals surface area contributed by atoms with Crippen molar-refractivity contribution in [2.24, 2.45) is 5.73 Å². The molecule has 1 aromatic carbocycles. The fraction of sp³-hybridized carbons (Fsp3) is 0.286. The zero-order valence-corrected chi connectivity index (χ0v) is 13.6. The standard InChI is InChI=1S/C14H14BrIN2/c15-11-8-9(4-5-12(11)16)18-7-6-10-13(17)2-1-3-14(10)18/h4-8,13H,1-3,17H2. The normalized spacial score (nSPS) is 18.7. The molecule has 0 bridgehead atoms. The molecule has 0 radical (unpaired) electrons. The molecule has 0 saturated heterocycles. The smallest absolute Gasteiger partial charge is 0.0464 e. The molecule has 1 heterocycles. The molecule has 4 heteroatoms. The van der Waals surface area contributed by atoms with Gasteiger partial charge in [0.15, 0.2) is 0 Å². The molecule has 2 N–H and O–H groups in total. The number of rotatable bonds is 1. The lowest BCUT2D eigenvalue weighted by Gasteiger charge is -2.21. The number of aromatic nitrogens is 1. The summed E-state index contributed by atoms with van der Waals surface area (Å²) < 4.78 is 4.65. The summed E-state index contributed by atoms with van der Waals surface area (Å²) in [5.41, 5.74) is 10.1. The number of fused-ring (bicyclic) bond motifs is 1. The fourth-order valence-electron chi connectivity index (χ4n) is 2.60. The molecule has 1 aliphatic rings. The minimum atomic E-state index is 0.210. The van der Waals surface area contributed by atoms with Gasteiger partial charge in [0.05, 0.1) is 0 Å². The van der Waals surface area contributed by atoms with Gasteiger partial charge >= 0.3 is 0 Å². The van der Waals surface area contributed by atoms with Gasteiger partial charge in [-0.15, -0.1) is 0 Å². The highest BCUT2D eigenvalue weighted by Crippen LogP contribution is 2.31. The minimum absolute atomic E-state index is 0.210. The molecule has 1 unspecified atom stereocenters. The average Bonchev–Trinajstić information content (AvgIpc) is 2.78. The molecular formula is C14H14BrIN2. The summed E-state index contributed by atoms with van der Waals surface area (Å²) in [4.78, 5) is 0. The second-order valence-electron chi connectivity index (χ2n) is 4.68. The number of hydrogen-bond donors (Lipinski definition) is 1. The van der Waals surface area contributed by atoms with Crippen molar-refractivity contribution in [3.8, 4) is 5.69 Å². The Labute approximate surface area is 129 Å². The van der Waals surface area contributed by atoms with Crippen LogP contribution in [0.15, 0.2) is 34.9 Å². The monoisotopic (exact) mass is 416 g/mol. The van der Waals surface area contributed by atoms with Crippen molar-refractivity contribution in [3.05, 3.63) is 49.8 Å². The summed E-state index contributed by atoms with van der Waals surface area (Å²) in [6.45, 7) is 0. The molecule has 2 aromatic rings. The summed E-state index contributed by atoms with van der Waals surface area (Å²) in [5.74, 6) is 0. The van der Waals surface area contributed by atoms with Crippen LogP contribution in [-0.4, -0.2) is 4.57 Å². The minimum Gasteiger partial charge on any atom is -0.324 e. The van der Waals surface area contributed by atoms with Crippen LogP contribution in [0.4, 0.5) is 0 Å². The lowest BCUT2D eigenvalue weighted by atomic mass is 9.93. The molecule has 0 spiro atoms. The van der Waals surface area contributed by atoms with Crippen LogP contribution < -0.4 is 5.73 Å². The van der Waals surface area contributed by atoms with Gasteiger partial charge in [0.1, 0.15) is 0 Å². The highest BCUT2D eigenvalue weighted by atomic mass is 127. The van der Waals surface area contributed by atoms with Gasteiger partial charge in [-0.05, 0) is 87.6 Å². The SMILES string of the molecule is NC1CCCc2c1ccn2-c1ccc(I)c(Br)c1. The van der Waals surface area contributed by atoms with Crippen LogP contribution in [0.25, 0.3) is 5.69 Å². The lowest BCUT2D eigenvalue weighted by molar-refractivity contribution is 0.560. The molecule has 1 aromatic heterocycles. The first-order valence-electron chi connectivity index (χ1n) is 6.08. The molecule has 18 heavy (non-hydrogen) atoms. The van der Waals surface area contributed by atoms with Crippen molar-refractivity contribution >= 4 is 38.5 Å². The van der Waals surface area contributed by atoms with Crippen molar-refractivity contribution in [2.45, 2.75) is 25.3 Å². The summed E-state index contributed by atoms with van der Waals surface area (Å²) in [5, 5.41) is 0. The Morgan fingerprint density at radius 1 is 1.33 bits per heavy atom. The van der Waals surface area contributed by atoms with E-state index in [0.717, 1.165) is 17.3 Å². The molecule has 94 valence electrons. The molecule has 3 rings (SSSR count). The zero-order valence-electron chi connectivity index (χ0n) is 9.87. The van der Waals surface area contributed by atoms with Crippen LogP contribution in [-0.2, 0) is 6.42 Å². The van der Waals surface area contributed by atoms with E-state index in [4.69, 9.17) is 5.73 Å². The van der Waals surface area contributed by atoms with Gasteiger partial charge in [0.2, 0.25) is 0 Å². The van der Waals surface area contributed by atoms with Gasteiger partial charge in [-0.2, -0.15) is 0 Å². The van der Waals surface area contributed by atoms with Crippen molar-refractivity contribution in [3.63, 3.8) is 0 Å². The number of nitrogens with zero attached hydrogens (tertiary/aromatic N) is 1. The summed E-state index contributed by atoms with van der Waals surface area (Å²) in [7, 11) is 0. The van der Waals surface area contributed by atoms with Gasteiger partial charge in [-0.25, -0.2) is 0 Å². The van der Waals surface area contributed by atoms with Gasteiger partial charge in [-0.1, -0.05) is 0 Å². The third-order valence-electron chi connectivity index (χ3n) is 3.54. The Kier molecular flexibility index (Phi) is 3.51. The first-order chi connectivity index (χ1) is 8.66. The third kappa shape index (κ3) is 2.14. The van der Waals surface area contributed by atoms with Crippen LogP contribution >= 0.6 is 38.5 Å². The Bertz CT molecular complexity index is 591. The fourth-order valence-corrected chi connectivity index (χ4v) is 3.31. The highest BCUT2D eigenvalue weighted by Gasteiger charge is 2.20. The Morgan fingerprint density at radius 3 is 2.94 bits per heavy atom. The molecule has 0 fully saturated rings. The molecule has 0 saturated carbocycles. The molecule has 0 amide bonds. The van der Waals surface area contributed by atoms with E-state index in [1.54, 1.807) is 0 Å². The highest BCUT2D eigenvalue weighted by molar-refractivity contribution is 14.1. The number of benzene rings is 1. The molecule has 1 atom stereocenters. The van der Waals surface area contributed by atoms with Crippen molar-refractivity contribution < 1.29 is 0 Å². The van der Waals surface area contributed by atoms with Crippen LogP contribution in [0, 0.1) is 3.57 Å². The van der Waals surface area contributed by atoms with Crippen molar-refractivity contribution in [2.75, 3.05) is 0 Å². The Morgan fingerprint density at radius 2 is 2.17 bits per heavy atom. The lowest BCUT2D eigenvalue weighted by Crippen LogP contribution is -2.17. The van der Waals surface area contributed by atoms with E-state index in [-0.39, 0.29) is 6.04 Å². The Balaban J connectivity index is 2.09. The zero-order chi connectivity index (χ0) is 12.7.